The number of anilines is 1. The van der Waals surface area contributed by atoms with Crippen LogP contribution in [0.3, 0.4) is 0 Å². The van der Waals surface area contributed by atoms with Gasteiger partial charge >= 0.3 is 0 Å². The fraction of sp³-hybridized carbons (Fsp3) is 0.222. The average molecular weight is 391 g/mol. The van der Waals surface area contributed by atoms with Crippen LogP contribution in [0.5, 0.6) is 0 Å². The molecule has 3 rings (SSSR count). The average Bonchev–Trinajstić information content (AvgIpc) is 2.62. The van der Waals surface area contributed by atoms with Gasteiger partial charge in [-0.1, -0.05) is 60.3 Å². The van der Waals surface area contributed by atoms with E-state index in [9.17, 15) is 4.79 Å². The SMILES string of the molecule is Br.O=C(CN(C1=NCCCS1)c1ccccc1)c1ccccc1. The first kappa shape index (κ1) is 17.8. The van der Waals surface area contributed by atoms with Crippen LogP contribution in [0.25, 0.3) is 0 Å². The molecule has 1 aliphatic heterocycles. The summed E-state index contributed by atoms with van der Waals surface area (Å²) >= 11 is 1.73. The fourth-order valence-corrected chi connectivity index (χ4v) is 3.31. The standard InChI is InChI=1S/C18H18N2OS.BrH/c21-17(15-8-3-1-4-9-15)14-20(16-10-5-2-6-11-16)18-19-12-7-13-22-18;/h1-6,8-11H,7,12-14H2;1H. The highest BCUT2D eigenvalue weighted by Crippen LogP contribution is 2.23. The van der Waals surface area contributed by atoms with Crippen molar-refractivity contribution in [2.24, 2.45) is 4.99 Å². The van der Waals surface area contributed by atoms with Gasteiger partial charge in [0, 0.05) is 23.5 Å². The monoisotopic (exact) mass is 390 g/mol. The van der Waals surface area contributed by atoms with Gasteiger partial charge < -0.3 is 4.90 Å². The maximum absolute atomic E-state index is 12.6. The molecule has 2 aromatic carbocycles. The first-order chi connectivity index (χ1) is 10.8. The van der Waals surface area contributed by atoms with Crippen LogP contribution in [0, 0.1) is 0 Å². The molecule has 3 nitrogen and oxygen atoms in total. The number of amidine groups is 1. The zero-order valence-electron chi connectivity index (χ0n) is 12.7. The topological polar surface area (TPSA) is 32.7 Å². The molecule has 0 radical (unpaired) electrons. The highest BCUT2D eigenvalue weighted by Gasteiger charge is 2.20. The zero-order chi connectivity index (χ0) is 15.2. The van der Waals surface area contributed by atoms with Gasteiger partial charge in [-0.15, -0.1) is 17.0 Å². The summed E-state index contributed by atoms with van der Waals surface area (Å²) in [6, 6.07) is 19.4. The molecule has 0 fully saturated rings. The second-order valence-electron chi connectivity index (χ2n) is 5.08. The van der Waals surface area contributed by atoms with Gasteiger partial charge in [0.2, 0.25) is 0 Å². The number of hydrogen-bond donors (Lipinski definition) is 0. The number of benzene rings is 2. The summed E-state index contributed by atoms with van der Waals surface area (Å²) in [4.78, 5) is 19.2. The highest BCUT2D eigenvalue weighted by molar-refractivity contribution is 8.93. The number of para-hydroxylation sites is 1. The van der Waals surface area contributed by atoms with Crippen LogP contribution in [0.4, 0.5) is 5.69 Å². The highest BCUT2D eigenvalue weighted by atomic mass is 79.9. The molecule has 2 aromatic rings. The van der Waals surface area contributed by atoms with Gasteiger partial charge in [-0.3, -0.25) is 9.79 Å². The Labute approximate surface area is 151 Å². The van der Waals surface area contributed by atoms with Gasteiger partial charge in [-0.2, -0.15) is 0 Å². The van der Waals surface area contributed by atoms with Gasteiger partial charge in [0.05, 0.1) is 6.54 Å². The lowest BCUT2D eigenvalue weighted by Crippen LogP contribution is -2.35. The molecule has 120 valence electrons. The normalized spacial score (nSPS) is 13.7. The van der Waals surface area contributed by atoms with Gasteiger partial charge in [0.25, 0.3) is 0 Å². The van der Waals surface area contributed by atoms with Crippen LogP contribution in [-0.4, -0.2) is 29.8 Å². The summed E-state index contributed by atoms with van der Waals surface area (Å²) in [5.41, 5.74) is 1.75. The van der Waals surface area contributed by atoms with Crippen LogP contribution in [0.2, 0.25) is 0 Å². The molecule has 0 amide bonds. The smallest absolute Gasteiger partial charge is 0.182 e. The Morgan fingerprint density at radius 2 is 1.70 bits per heavy atom. The lowest BCUT2D eigenvalue weighted by atomic mass is 10.1. The van der Waals surface area contributed by atoms with Crippen molar-refractivity contribution in [2.75, 3.05) is 23.7 Å². The third-order valence-electron chi connectivity index (χ3n) is 3.48. The largest absolute Gasteiger partial charge is 0.313 e. The van der Waals surface area contributed by atoms with Crippen molar-refractivity contribution in [3.63, 3.8) is 0 Å². The molecular formula is C18H19BrN2OS. The van der Waals surface area contributed by atoms with E-state index in [4.69, 9.17) is 0 Å². The number of carbonyl (C=O) groups excluding carboxylic acids is 1. The Morgan fingerprint density at radius 1 is 1.04 bits per heavy atom. The Morgan fingerprint density at radius 3 is 2.30 bits per heavy atom. The minimum absolute atomic E-state index is 0. The van der Waals surface area contributed by atoms with Crippen LogP contribution < -0.4 is 4.90 Å². The minimum Gasteiger partial charge on any atom is -0.313 e. The number of ketones is 1. The van der Waals surface area contributed by atoms with Crippen molar-refractivity contribution in [3.8, 4) is 0 Å². The Bertz CT molecular complexity index is 661. The Kier molecular flexibility index (Phi) is 6.86. The van der Waals surface area contributed by atoms with E-state index in [1.54, 1.807) is 11.8 Å². The summed E-state index contributed by atoms with van der Waals surface area (Å²) < 4.78 is 0. The molecule has 5 heteroatoms. The number of carbonyl (C=O) groups is 1. The number of Topliss-reactive ketones (excluding diaryl/α,β-unsaturated/α-hetero) is 1. The third kappa shape index (κ3) is 4.69. The van der Waals surface area contributed by atoms with Crippen LogP contribution in [0.15, 0.2) is 65.7 Å². The summed E-state index contributed by atoms with van der Waals surface area (Å²) in [6.45, 7) is 1.16. The molecule has 23 heavy (non-hydrogen) atoms. The molecule has 0 saturated carbocycles. The maximum atomic E-state index is 12.6. The van der Waals surface area contributed by atoms with Gasteiger partial charge in [-0.25, -0.2) is 0 Å². The molecule has 0 aromatic heterocycles. The number of rotatable bonds is 4. The van der Waals surface area contributed by atoms with Crippen molar-refractivity contribution in [3.05, 3.63) is 66.2 Å². The first-order valence-corrected chi connectivity index (χ1v) is 8.41. The van der Waals surface area contributed by atoms with E-state index >= 15 is 0 Å². The van der Waals surface area contributed by atoms with Gasteiger partial charge in [0.15, 0.2) is 11.0 Å². The quantitative estimate of drug-likeness (QED) is 0.722. The minimum atomic E-state index is 0. The van der Waals surface area contributed by atoms with E-state index in [1.807, 2.05) is 65.6 Å². The second kappa shape index (κ2) is 8.89. The molecule has 0 unspecified atom stereocenters. The molecule has 0 spiro atoms. The van der Waals surface area contributed by atoms with Gasteiger partial charge in [-0.05, 0) is 18.6 Å². The lowest BCUT2D eigenvalue weighted by Gasteiger charge is -2.27. The summed E-state index contributed by atoms with van der Waals surface area (Å²) in [5, 5.41) is 0.946. The molecule has 0 saturated heterocycles. The molecular weight excluding hydrogens is 372 g/mol. The number of nitrogens with zero attached hydrogens (tertiary/aromatic N) is 2. The van der Waals surface area contributed by atoms with Crippen molar-refractivity contribution in [1.82, 2.24) is 0 Å². The molecule has 0 N–H and O–H groups in total. The molecule has 0 atom stereocenters. The van der Waals surface area contributed by atoms with Crippen molar-refractivity contribution in [1.29, 1.82) is 0 Å². The van der Waals surface area contributed by atoms with E-state index in [2.05, 4.69) is 4.99 Å². The molecule has 1 aliphatic rings. The predicted molar refractivity (Wildman–Crippen MR) is 104 cm³/mol. The van der Waals surface area contributed by atoms with E-state index in [0.29, 0.717) is 6.54 Å². The molecule has 0 bridgehead atoms. The van der Waals surface area contributed by atoms with E-state index in [0.717, 1.165) is 35.1 Å². The van der Waals surface area contributed by atoms with Crippen molar-refractivity contribution in [2.45, 2.75) is 6.42 Å². The maximum Gasteiger partial charge on any atom is 0.182 e. The fourth-order valence-electron chi connectivity index (χ4n) is 2.35. The van der Waals surface area contributed by atoms with E-state index < -0.39 is 0 Å². The van der Waals surface area contributed by atoms with E-state index in [-0.39, 0.29) is 22.8 Å². The van der Waals surface area contributed by atoms with Crippen molar-refractivity contribution >= 4 is 45.4 Å². The van der Waals surface area contributed by atoms with E-state index in [1.165, 1.54) is 0 Å². The summed E-state index contributed by atoms with van der Waals surface area (Å²) in [6.07, 6.45) is 1.10. The Hall–Kier alpha value is -1.59. The second-order valence-corrected chi connectivity index (χ2v) is 6.14. The summed E-state index contributed by atoms with van der Waals surface area (Å²) in [5.74, 6) is 1.17. The number of halogens is 1. The van der Waals surface area contributed by atoms with Crippen LogP contribution in [0.1, 0.15) is 16.8 Å². The first-order valence-electron chi connectivity index (χ1n) is 7.43. The molecule has 1 heterocycles. The number of aliphatic imine (C=N–C) groups is 1. The zero-order valence-corrected chi connectivity index (χ0v) is 15.3. The van der Waals surface area contributed by atoms with Crippen molar-refractivity contribution < 1.29 is 4.79 Å². The lowest BCUT2D eigenvalue weighted by molar-refractivity contribution is 0.100. The number of thioether (sulfide) groups is 1. The Balaban J connectivity index is 0.00000192. The predicted octanol–water partition coefficient (Wildman–Crippen LogP) is 4.45. The number of hydrogen-bond acceptors (Lipinski definition) is 4. The molecule has 0 aliphatic carbocycles. The third-order valence-corrected chi connectivity index (χ3v) is 4.58. The summed E-state index contributed by atoms with van der Waals surface area (Å²) in [7, 11) is 0. The van der Waals surface area contributed by atoms with Gasteiger partial charge in [0.1, 0.15) is 0 Å². The van der Waals surface area contributed by atoms with Crippen LogP contribution >= 0.6 is 28.7 Å². The van der Waals surface area contributed by atoms with Crippen LogP contribution in [-0.2, 0) is 0 Å².